The van der Waals surface area contributed by atoms with Gasteiger partial charge in [0, 0.05) is 32.1 Å². The van der Waals surface area contributed by atoms with Crippen LogP contribution in [-0.2, 0) is 10.2 Å². The van der Waals surface area contributed by atoms with Crippen molar-refractivity contribution in [2.24, 2.45) is 5.92 Å². The summed E-state index contributed by atoms with van der Waals surface area (Å²) in [6.45, 7) is 2.30. The largest absolute Gasteiger partial charge is 0.281 e. The van der Waals surface area contributed by atoms with E-state index in [0.29, 0.717) is 39.0 Å². The second kappa shape index (κ2) is 5.34. The van der Waals surface area contributed by atoms with Gasteiger partial charge >= 0.3 is 0 Å². The van der Waals surface area contributed by atoms with E-state index in [2.05, 4.69) is 6.07 Å². The van der Waals surface area contributed by atoms with Gasteiger partial charge in [-0.25, -0.2) is 0 Å². The molecule has 0 aliphatic carbocycles. The minimum absolute atomic E-state index is 0.0304. The Morgan fingerprint density at radius 3 is 2.00 bits per heavy atom. The Balaban J connectivity index is 1.99. The van der Waals surface area contributed by atoms with Gasteiger partial charge in [-0.05, 0) is 25.7 Å². The summed E-state index contributed by atoms with van der Waals surface area (Å²) in [6.07, 6.45) is 4.40. The lowest BCUT2D eigenvalue weighted by Crippen LogP contribution is -2.48. The van der Waals surface area contributed by atoms with Crippen LogP contribution in [0.15, 0.2) is 0 Å². The van der Waals surface area contributed by atoms with Crippen LogP contribution < -0.4 is 0 Å². The molecule has 0 N–H and O–H groups in total. The molecule has 0 unspecified atom stereocenters. The minimum Gasteiger partial charge on any atom is -0.198 e. The van der Waals surface area contributed by atoms with E-state index in [4.69, 9.17) is 5.26 Å². The molecule has 96 valence electrons. The number of nitriles is 1. The van der Waals surface area contributed by atoms with Gasteiger partial charge in [-0.15, -0.1) is 0 Å². The predicted octanol–water partition coefficient (Wildman–Crippen LogP) is 0.953. The van der Waals surface area contributed by atoms with Gasteiger partial charge < -0.3 is 0 Å². The maximum atomic E-state index is 12.3. The molecule has 2 fully saturated rings. The van der Waals surface area contributed by atoms with Gasteiger partial charge in [0.05, 0.1) is 6.07 Å². The zero-order chi connectivity index (χ0) is 12.3. The number of hydrogen-bond donors (Lipinski definition) is 0. The molecule has 2 aliphatic rings. The first-order valence-electron chi connectivity index (χ1n) is 6.29. The molecule has 5 nitrogen and oxygen atoms in total. The lowest BCUT2D eigenvalue weighted by atomic mass is 10.0. The Hall–Kier alpha value is -0.640. The normalized spacial score (nSPS) is 25.6. The third kappa shape index (κ3) is 2.79. The van der Waals surface area contributed by atoms with Crippen LogP contribution in [0.4, 0.5) is 0 Å². The molecule has 0 aromatic heterocycles. The molecule has 0 saturated carbocycles. The van der Waals surface area contributed by atoms with Crippen LogP contribution in [0.2, 0.25) is 0 Å². The highest BCUT2D eigenvalue weighted by Crippen LogP contribution is 2.22. The van der Waals surface area contributed by atoms with Crippen LogP contribution in [0, 0.1) is 17.2 Å². The highest BCUT2D eigenvalue weighted by Gasteiger charge is 2.33. The van der Waals surface area contributed by atoms with Gasteiger partial charge in [-0.2, -0.15) is 22.3 Å². The maximum Gasteiger partial charge on any atom is 0.281 e. The maximum absolute atomic E-state index is 12.3. The third-order valence-electron chi connectivity index (χ3n) is 3.60. The molecular weight excluding hydrogens is 238 g/mol. The smallest absolute Gasteiger partial charge is 0.198 e. The Bertz CT molecular complexity index is 387. The first kappa shape index (κ1) is 12.8. The van der Waals surface area contributed by atoms with E-state index in [9.17, 15) is 8.42 Å². The van der Waals surface area contributed by atoms with Crippen molar-refractivity contribution in [2.75, 3.05) is 26.2 Å². The predicted molar refractivity (Wildman–Crippen MR) is 64.3 cm³/mol. The zero-order valence-corrected chi connectivity index (χ0v) is 10.8. The number of piperidine rings is 2. The Morgan fingerprint density at radius 1 is 0.941 bits per heavy atom. The average molecular weight is 257 g/mol. The monoisotopic (exact) mass is 257 g/mol. The van der Waals surface area contributed by atoms with E-state index >= 15 is 0 Å². The van der Waals surface area contributed by atoms with Crippen LogP contribution in [0.5, 0.6) is 0 Å². The zero-order valence-electron chi connectivity index (χ0n) is 10.0. The summed E-state index contributed by atoms with van der Waals surface area (Å²) in [5.74, 6) is 0.0304. The molecule has 2 saturated heterocycles. The fourth-order valence-corrected chi connectivity index (χ4v) is 4.19. The van der Waals surface area contributed by atoms with E-state index in [1.165, 1.54) is 0 Å². The van der Waals surface area contributed by atoms with Gasteiger partial charge in [-0.3, -0.25) is 0 Å². The molecular formula is C11H19N3O2S. The SMILES string of the molecule is N#CC1CCN(S(=O)(=O)N2CCCCC2)CC1. The highest BCUT2D eigenvalue weighted by molar-refractivity contribution is 7.86. The van der Waals surface area contributed by atoms with E-state index in [1.807, 2.05) is 0 Å². The molecule has 2 heterocycles. The van der Waals surface area contributed by atoms with E-state index in [1.54, 1.807) is 8.61 Å². The minimum atomic E-state index is -3.26. The second-order valence-corrected chi connectivity index (χ2v) is 6.70. The molecule has 0 amide bonds. The topological polar surface area (TPSA) is 64.4 Å². The summed E-state index contributed by atoms with van der Waals surface area (Å²) in [6, 6.07) is 2.22. The fourth-order valence-electron chi connectivity index (χ4n) is 2.47. The highest BCUT2D eigenvalue weighted by atomic mass is 32.2. The molecule has 0 bridgehead atoms. The first-order valence-corrected chi connectivity index (χ1v) is 7.69. The molecule has 2 aliphatic heterocycles. The summed E-state index contributed by atoms with van der Waals surface area (Å²) in [4.78, 5) is 0. The summed E-state index contributed by atoms with van der Waals surface area (Å²) in [5, 5.41) is 8.80. The van der Waals surface area contributed by atoms with E-state index in [0.717, 1.165) is 19.3 Å². The molecule has 0 aromatic carbocycles. The van der Waals surface area contributed by atoms with E-state index < -0.39 is 10.2 Å². The molecule has 2 rings (SSSR count). The van der Waals surface area contributed by atoms with Crippen LogP contribution >= 0.6 is 0 Å². The van der Waals surface area contributed by atoms with Crippen LogP contribution in [-0.4, -0.2) is 43.2 Å². The number of nitrogens with zero attached hydrogens (tertiary/aromatic N) is 3. The van der Waals surface area contributed by atoms with Crippen molar-refractivity contribution in [3.63, 3.8) is 0 Å². The molecule has 0 atom stereocenters. The van der Waals surface area contributed by atoms with Gasteiger partial charge in [0.25, 0.3) is 10.2 Å². The molecule has 0 radical (unpaired) electrons. The lowest BCUT2D eigenvalue weighted by Gasteiger charge is -2.34. The van der Waals surface area contributed by atoms with Gasteiger partial charge in [0.15, 0.2) is 0 Å². The number of hydrogen-bond acceptors (Lipinski definition) is 3. The van der Waals surface area contributed by atoms with Gasteiger partial charge in [-0.1, -0.05) is 6.42 Å². The molecule has 0 spiro atoms. The summed E-state index contributed by atoms with van der Waals surface area (Å²) in [7, 11) is -3.26. The standard InChI is InChI=1S/C11H19N3O2S/c12-10-11-4-8-14(9-5-11)17(15,16)13-6-2-1-3-7-13/h11H,1-9H2. The van der Waals surface area contributed by atoms with Crippen molar-refractivity contribution in [2.45, 2.75) is 32.1 Å². The summed E-state index contributed by atoms with van der Waals surface area (Å²) in [5.41, 5.74) is 0. The lowest BCUT2D eigenvalue weighted by molar-refractivity contribution is 0.265. The number of rotatable bonds is 2. The third-order valence-corrected chi connectivity index (χ3v) is 5.64. The van der Waals surface area contributed by atoms with Crippen molar-refractivity contribution in [1.82, 2.24) is 8.61 Å². The Morgan fingerprint density at radius 2 is 1.47 bits per heavy atom. The molecule has 17 heavy (non-hydrogen) atoms. The Labute approximate surface area is 103 Å². The van der Waals surface area contributed by atoms with E-state index in [-0.39, 0.29) is 5.92 Å². The van der Waals surface area contributed by atoms with Gasteiger partial charge in [0.1, 0.15) is 0 Å². The van der Waals surface area contributed by atoms with Crippen molar-refractivity contribution < 1.29 is 8.42 Å². The van der Waals surface area contributed by atoms with Crippen molar-refractivity contribution in [1.29, 1.82) is 5.26 Å². The fraction of sp³-hybridized carbons (Fsp3) is 0.909. The molecule has 6 heteroatoms. The van der Waals surface area contributed by atoms with Crippen molar-refractivity contribution in [3.8, 4) is 6.07 Å². The van der Waals surface area contributed by atoms with Gasteiger partial charge in [0.2, 0.25) is 0 Å². The van der Waals surface area contributed by atoms with Crippen LogP contribution in [0.25, 0.3) is 0 Å². The Kier molecular flexibility index (Phi) is 4.02. The average Bonchev–Trinajstić information content (AvgIpc) is 2.40. The van der Waals surface area contributed by atoms with Crippen molar-refractivity contribution >= 4 is 10.2 Å². The summed E-state index contributed by atoms with van der Waals surface area (Å²) < 4.78 is 27.8. The summed E-state index contributed by atoms with van der Waals surface area (Å²) >= 11 is 0. The quantitative estimate of drug-likeness (QED) is 0.740. The van der Waals surface area contributed by atoms with Crippen LogP contribution in [0.3, 0.4) is 0 Å². The first-order chi connectivity index (χ1) is 8.14. The van der Waals surface area contributed by atoms with Crippen molar-refractivity contribution in [3.05, 3.63) is 0 Å². The molecule has 0 aromatic rings. The van der Waals surface area contributed by atoms with Crippen LogP contribution in [0.1, 0.15) is 32.1 Å². The second-order valence-electron chi connectivity index (χ2n) is 4.77.